The van der Waals surface area contributed by atoms with E-state index in [9.17, 15) is 9.59 Å². The molecular formula is C19H17N5O2S2. The summed E-state index contributed by atoms with van der Waals surface area (Å²) in [5.41, 5.74) is 2.15. The molecule has 1 N–H and O–H groups in total. The van der Waals surface area contributed by atoms with Crippen molar-refractivity contribution in [2.45, 2.75) is 5.16 Å². The van der Waals surface area contributed by atoms with E-state index in [2.05, 4.69) is 15.5 Å². The van der Waals surface area contributed by atoms with Crippen LogP contribution >= 0.6 is 23.1 Å². The van der Waals surface area contributed by atoms with Crippen LogP contribution in [0.3, 0.4) is 0 Å². The monoisotopic (exact) mass is 411 g/mol. The summed E-state index contributed by atoms with van der Waals surface area (Å²) >= 11 is 2.89. The number of benzene rings is 2. The molecule has 0 bridgehead atoms. The lowest BCUT2D eigenvalue weighted by Gasteiger charge is -2.11. The Kier molecular flexibility index (Phi) is 5.01. The third-order valence-corrected chi connectivity index (χ3v) is 5.98. The third kappa shape index (κ3) is 3.58. The van der Waals surface area contributed by atoms with Crippen molar-refractivity contribution in [3.63, 3.8) is 0 Å². The zero-order valence-corrected chi connectivity index (χ0v) is 16.9. The van der Waals surface area contributed by atoms with Crippen LogP contribution in [0.15, 0.2) is 53.7 Å². The lowest BCUT2D eigenvalue weighted by atomic mass is 10.2. The minimum absolute atomic E-state index is 0.110. The first kappa shape index (κ1) is 18.5. The Morgan fingerprint density at radius 1 is 1.14 bits per heavy atom. The van der Waals surface area contributed by atoms with Gasteiger partial charge in [0.15, 0.2) is 5.16 Å². The number of carbonyl (C=O) groups excluding carboxylic acids is 2. The molecular weight excluding hydrogens is 394 g/mol. The van der Waals surface area contributed by atoms with Crippen LogP contribution in [0.4, 0.5) is 5.69 Å². The molecule has 0 aliphatic heterocycles. The number of para-hydroxylation sites is 1. The molecule has 0 saturated carbocycles. The van der Waals surface area contributed by atoms with Crippen molar-refractivity contribution in [2.24, 2.45) is 0 Å². The van der Waals surface area contributed by atoms with Crippen LogP contribution < -0.4 is 5.32 Å². The molecule has 0 aliphatic carbocycles. The summed E-state index contributed by atoms with van der Waals surface area (Å²) in [5.74, 6) is -0.0898. The Hall–Kier alpha value is -2.91. The number of carbonyl (C=O) groups is 2. The highest BCUT2D eigenvalue weighted by Crippen LogP contribution is 2.29. The average Bonchev–Trinajstić information content (AvgIpc) is 3.25. The van der Waals surface area contributed by atoms with Gasteiger partial charge in [0.1, 0.15) is 0 Å². The van der Waals surface area contributed by atoms with Crippen molar-refractivity contribution in [3.8, 4) is 0 Å². The van der Waals surface area contributed by atoms with Crippen molar-refractivity contribution >= 4 is 55.8 Å². The Balaban J connectivity index is 1.46. The van der Waals surface area contributed by atoms with Gasteiger partial charge in [-0.05, 0) is 30.3 Å². The number of nitrogens with one attached hydrogen (secondary N) is 1. The first-order valence-corrected chi connectivity index (χ1v) is 10.3. The normalized spacial score (nSPS) is 11.1. The van der Waals surface area contributed by atoms with Crippen molar-refractivity contribution in [1.29, 1.82) is 0 Å². The number of anilines is 1. The second-order valence-corrected chi connectivity index (χ2v) is 8.24. The topological polar surface area (TPSA) is 79.6 Å². The van der Waals surface area contributed by atoms with Crippen LogP contribution in [-0.2, 0) is 4.79 Å². The molecule has 2 aromatic heterocycles. The molecule has 2 amide bonds. The molecule has 0 radical (unpaired) electrons. The standard InChI is InChI=1S/C19H17N5O2S2/c1-23(2)17(26)12-6-5-7-13(10-12)20-16(25)11-27-18-21-22-19-24(18)14-8-3-4-9-15(14)28-19/h3-10H,11H2,1-2H3,(H,20,25). The first-order chi connectivity index (χ1) is 13.5. The summed E-state index contributed by atoms with van der Waals surface area (Å²) in [6, 6.07) is 14.9. The summed E-state index contributed by atoms with van der Waals surface area (Å²) in [7, 11) is 3.38. The Morgan fingerprint density at radius 2 is 1.96 bits per heavy atom. The first-order valence-electron chi connectivity index (χ1n) is 8.50. The number of amides is 2. The van der Waals surface area contributed by atoms with Crippen LogP contribution in [0.1, 0.15) is 10.4 Å². The van der Waals surface area contributed by atoms with E-state index in [1.54, 1.807) is 49.7 Å². The van der Waals surface area contributed by atoms with Gasteiger partial charge >= 0.3 is 0 Å². The Morgan fingerprint density at radius 3 is 2.79 bits per heavy atom. The lowest BCUT2D eigenvalue weighted by molar-refractivity contribution is -0.113. The van der Waals surface area contributed by atoms with Gasteiger partial charge in [-0.1, -0.05) is 41.3 Å². The lowest BCUT2D eigenvalue weighted by Crippen LogP contribution is -2.22. The molecule has 2 heterocycles. The van der Waals surface area contributed by atoms with E-state index >= 15 is 0 Å². The second-order valence-electron chi connectivity index (χ2n) is 6.29. The van der Waals surface area contributed by atoms with Gasteiger partial charge in [0.05, 0.1) is 16.0 Å². The predicted molar refractivity (Wildman–Crippen MR) is 112 cm³/mol. The molecule has 0 spiro atoms. The average molecular weight is 412 g/mol. The third-order valence-electron chi connectivity index (χ3n) is 4.04. The molecule has 142 valence electrons. The van der Waals surface area contributed by atoms with Crippen molar-refractivity contribution in [1.82, 2.24) is 19.5 Å². The van der Waals surface area contributed by atoms with Gasteiger partial charge in [0, 0.05) is 25.3 Å². The SMILES string of the molecule is CN(C)C(=O)c1cccc(NC(=O)CSc2nnc3sc4ccccc4n23)c1. The quantitative estimate of drug-likeness (QED) is 0.509. The molecule has 0 aliphatic rings. The predicted octanol–water partition coefficient (Wildman–Crippen LogP) is 3.38. The van der Waals surface area contributed by atoms with E-state index < -0.39 is 0 Å². The fourth-order valence-corrected chi connectivity index (χ4v) is 4.53. The van der Waals surface area contributed by atoms with Crippen LogP contribution in [0.2, 0.25) is 0 Å². The number of hydrogen-bond acceptors (Lipinski definition) is 6. The summed E-state index contributed by atoms with van der Waals surface area (Å²) < 4.78 is 3.09. The van der Waals surface area contributed by atoms with E-state index in [1.165, 1.54) is 16.7 Å². The number of thioether (sulfide) groups is 1. The maximum Gasteiger partial charge on any atom is 0.253 e. The van der Waals surface area contributed by atoms with Crippen molar-refractivity contribution in [3.05, 3.63) is 54.1 Å². The van der Waals surface area contributed by atoms with Crippen molar-refractivity contribution < 1.29 is 9.59 Å². The molecule has 0 saturated heterocycles. The Bertz CT molecular complexity index is 1180. The summed E-state index contributed by atoms with van der Waals surface area (Å²) in [4.78, 5) is 26.7. The van der Waals surface area contributed by atoms with Crippen LogP contribution in [-0.4, -0.2) is 51.2 Å². The number of hydrogen-bond donors (Lipinski definition) is 1. The zero-order valence-electron chi connectivity index (χ0n) is 15.2. The second kappa shape index (κ2) is 7.61. The van der Waals surface area contributed by atoms with E-state index in [0.29, 0.717) is 16.4 Å². The van der Waals surface area contributed by atoms with Crippen molar-refractivity contribution in [2.75, 3.05) is 25.2 Å². The van der Waals surface area contributed by atoms with Gasteiger partial charge in [-0.15, -0.1) is 10.2 Å². The molecule has 0 fully saturated rings. The van der Waals surface area contributed by atoms with E-state index in [0.717, 1.165) is 15.2 Å². The van der Waals surface area contributed by atoms with Crippen LogP contribution in [0, 0.1) is 0 Å². The van der Waals surface area contributed by atoms with Gasteiger partial charge in [0.25, 0.3) is 5.91 Å². The van der Waals surface area contributed by atoms with Gasteiger partial charge in [-0.25, -0.2) is 0 Å². The van der Waals surface area contributed by atoms with Gasteiger partial charge in [-0.2, -0.15) is 0 Å². The van der Waals surface area contributed by atoms with Crippen LogP contribution in [0.25, 0.3) is 15.2 Å². The number of aromatic nitrogens is 3. The molecule has 9 heteroatoms. The number of thiazole rings is 1. The highest BCUT2D eigenvalue weighted by atomic mass is 32.2. The van der Waals surface area contributed by atoms with E-state index in [-0.39, 0.29) is 17.6 Å². The maximum absolute atomic E-state index is 12.4. The molecule has 4 aromatic rings. The maximum atomic E-state index is 12.4. The van der Waals surface area contributed by atoms with Gasteiger partial charge in [0.2, 0.25) is 10.9 Å². The summed E-state index contributed by atoms with van der Waals surface area (Å²) in [5, 5.41) is 11.9. The highest BCUT2D eigenvalue weighted by molar-refractivity contribution is 7.99. The largest absolute Gasteiger partial charge is 0.345 e. The Labute approximate surface area is 169 Å². The number of rotatable bonds is 5. The summed E-state index contributed by atoms with van der Waals surface area (Å²) in [6.45, 7) is 0. The zero-order chi connectivity index (χ0) is 19.7. The van der Waals surface area contributed by atoms with Crippen LogP contribution in [0.5, 0.6) is 0 Å². The molecule has 0 atom stereocenters. The molecule has 4 rings (SSSR count). The minimum atomic E-state index is -0.171. The van der Waals surface area contributed by atoms with Gasteiger partial charge in [-0.3, -0.25) is 14.0 Å². The summed E-state index contributed by atoms with van der Waals surface area (Å²) in [6.07, 6.45) is 0. The fourth-order valence-electron chi connectivity index (χ4n) is 2.76. The molecule has 0 unspecified atom stereocenters. The smallest absolute Gasteiger partial charge is 0.253 e. The van der Waals surface area contributed by atoms with E-state index in [1.807, 2.05) is 28.7 Å². The highest BCUT2D eigenvalue weighted by Gasteiger charge is 2.14. The molecule has 28 heavy (non-hydrogen) atoms. The minimum Gasteiger partial charge on any atom is -0.345 e. The number of fused-ring (bicyclic) bond motifs is 3. The van der Waals surface area contributed by atoms with E-state index in [4.69, 9.17) is 0 Å². The molecule has 7 nitrogen and oxygen atoms in total. The number of nitrogens with zero attached hydrogens (tertiary/aromatic N) is 4. The fraction of sp³-hybridized carbons (Fsp3) is 0.158. The molecule has 2 aromatic carbocycles. The van der Waals surface area contributed by atoms with Gasteiger partial charge < -0.3 is 10.2 Å².